The second-order valence-corrected chi connectivity index (χ2v) is 47.2. The van der Waals surface area contributed by atoms with Gasteiger partial charge in [0.15, 0.2) is 0 Å². The normalized spacial score (nSPS) is 17.4. The zero-order valence-corrected chi connectivity index (χ0v) is 85.7. The van der Waals surface area contributed by atoms with E-state index in [2.05, 4.69) is 0 Å². The summed E-state index contributed by atoms with van der Waals surface area (Å²) >= 11 is 0. The van der Waals surface area contributed by atoms with Gasteiger partial charge in [-0.05, 0) is 34.6 Å². The highest BCUT2D eigenvalue weighted by Gasteiger charge is 2.64. The molecular weight excluding hydrogens is 2060 g/mol. The first-order valence-corrected chi connectivity index (χ1v) is 54.7. The van der Waals surface area contributed by atoms with Crippen molar-refractivity contribution in [3.63, 3.8) is 0 Å². The lowest BCUT2D eigenvalue weighted by atomic mass is 9.93. The maximum atomic E-state index is 14.4. The van der Waals surface area contributed by atoms with Crippen molar-refractivity contribution < 1.29 is 285 Å². The van der Waals surface area contributed by atoms with Crippen molar-refractivity contribution in [2.45, 2.75) is 196 Å². The Labute approximate surface area is 829 Å². The first-order valence-electron chi connectivity index (χ1n) is 43.6. The topological polar surface area (TPSA) is 860 Å². The van der Waals surface area contributed by atoms with Gasteiger partial charge in [0.25, 0.3) is 0 Å². The van der Waals surface area contributed by atoms with Crippen molar-refractivity contribution in [3.05, 3.63) is 0 Å². The van der Waals surface area contributed by atoms with Crippen LogP contribution < -0.4 is 0 Å². The molecule has 10 N–H and O–H groups in total. The highest BCUT2D eigenvalue weighted by atomic mass is 28.6. The van der Waals surface area contributed by atoms with Crippen LogP contribution in [-0.4, -0.2) is 376 Å². The van der Waals surface area contributed by atoms with E-state index in [-0.39, 0.29) is 0 Å². The fourth-order valence-electron chi connectivity index (χ4n) is 10.8. The molecule has 0 spiro atoms. The van der Waals surface area contributed by atoms with Crippen LogP contribution in [0.1, 0.15) is 163 Å². The Morgan fingerprint density at radius 2 is 0.262 bits per heavy atom. The molecule has 0 aromatic carbocycles. The monoisotopic (exact) mass is 2180 g/mol. The van der Waals surface area contributed by atoms with Gasteiger partial charge in [-0.25, -0.2) is 0 Å². The molecule has 0 bridgehead atoms. The van der Waals surface area contributed by atoms with Crippen LogP contribution >= 0.6 is 0 Å². The summed E-state index contributed by atoms with van der Waals surface area (Å²) in [6.45, 7) is -10.5. The van der Waals surface area contributed by atoms with E-state index >= 15 is 0 Å². The fraction of sp³-hybridized carbons (Fsp3) is 0.688. The molecule has 1 rings (SSSR count). The molecule has 65 heteroatoms. The maximum Gasteiger partial charge on any atom is 0.483 e. The molecule has 145 heavy (non-hydrogen) atoms. The Kier molecular flexibility index (Phi) is 57.3. The smallest absolute Gasteiger partial charge is 0.481 e. The van der Waals surface area contributed by atoms with E-state index < -0.39 is 481 Å². The SMILES string of the molecule is CC(COC(=O)CCC(=O)O)(COC(=O)CCC(=O)O)C(=O)OCCO[Si]1(C)O[Si](C)(OCCOC(=O)C(C)(COC(=O)CCC(=O)O)COC(=O)CCC(=O)O)O[Si](C)(OCCOC(=O)C(C)(COC(=O)CCC(=O)O)COC(=O)CCC(=O)O)O[Si](C)(OCCOC(=O)C(C)(COC(=O)CCC(=O)O)COC(=O)CCC(=O)O)O[Si](C)(OCCOC(=O)C(C)(COC(=O)CCC(=O)O)COC(=O)CCC(=O)O)O1. The number of esters is 15. The molecule has 0 aromatic rings. The third kappa shape index (κ3) is 56.5. The highest BCUT2D eigenvalue weighted by molar-refractivity contribution is 6.88. The van der Waals surface area contributed by atoms with Gasteiger partial charge in [-0.15, -0.1) is 0 Å². The van der Waals surface area contributed by atoms with Crippen LogP contribution in [0.5, 0.6) is 0 Å². The van der Waals surface area contributed by atoms with Gasteiger partial charge in [-0.1, -0.05) is 0 Å². The molecular formula is C80H120O60Si5. The number of carbonyl (C=O) groups is 25. The minimum Gasteiger partial charge on any atom is -0.481 e. The fourth-order valence-corrected chi connectivity index (χ4v) is 31.6. The van der Waals surface area contributed by atoms with Gasteiger partial charge in [0, 0.05) is 32.7 Å². The van der Waals surface area contributed by atoms with Crippen LogP contribution in [0.4, 0.5) is 0 Å². The Balaban J connectivity index is 4.98. The second kappa shape index (κ2) is 63.6. The zero-order valence-electron chi connectivity index (χ0n) is 80.7. The Morgan fingerprint density at radius 3 is 0.352 bits per heavy atom. The standard InChI is InChI=1S/C80H120O60Si5/c1-76(41-121-61(101)21-11-51(81)82,42-122-62(102)22-12-52(83)84)71(111)116-31-36-131-141(6)136-142(7,132-37-32-117-72(112)77(2,43-123-63(103)23-13-53(85)86)44-124-64(104)24-14-54(87)88)138-144(9,134-39-34-119-74(114)79(4,47-127-67(107)27-17-57(93)94)48-128-68(108)28-18-58(95)96)140-145(10,135-40-35-120-75(115)80(5,49-129-69(109)29-19-59(97)98)50-130-70(110)30-20-60(99)100)139-143(8,137-141)133-38-33-118-73(113)78(3,45-125-65(105)25-15-55(89)90)46-126-66(106)26-16-56(91)92/h11-50H2,1-10H3,(H,81,82)(H,83,84)(H,85,86)(H,87,88)(H,89,90)(H,91,92)(H,93,94)(H,95,96)(H,97,98)(H,99,100). The van der Waals surface area contributed by atoms with Gasteiger partial charge < -0.3 is 165 Å². The van der Waals surface area contributed by atoms with E-state index in [0.29, 0.717) is 0 Å². The number of carboxylic acid groups (broad SMARTS) is 10. The molecule has 1 fully saturated rings. The molecule has 1 aliphatic rings. The molecule has 60 nitrogen and oxygen atoms in total. The van der Waals surface area contributed by atoms with Crippen molar-refractivity contribution >= 4 is 193 Å². The van der Waals surface area contributed by atoms with Crippen LogP contribution in [0, 0.1) is 27.1 Å². The summed E-state index contributed by atoms with van der Waals surface area (Å²) < 4.78 is 146. The number of rotatable bonds is 75. The maximum absolute atomic E-state index is 14.4. The summed E-state index contributed by atoms with van der Waals surface area (Å²) in [5, 5.41) is 92.4. The average Bonchev–Trinajstić information content (AvgIpc) is 0.754. The van der Waals surface area contributed by atoms with Crippen LogP contribution in [0.3, 0.4) is 0 Å². The molecule has 0 saturated carbocycles. The summed E-state index contributed by atoms with van der Waals surface area (Å²) in [5.74, 6) is -33.8. The summed E-state index contributed by atoms with van der Waals surface area (Å²) in [5.41, 5.74) is -11.4. The third-order valence-corrected chi connectivity index (χ3v) is 37.1. The minimum atomic E-state index is -5.39. The van der Waals surface area contributed by atoms with Gasteiger partial charge in [-0.2, -0.15) is 0 Å². The quantitative estimate of drug-likeness (QED) is 0.0164. The lowest BCUT2D eigenvalue weighted by molar-refractivity contribution is -0.173. The second-order valence-electron chi connectivity index (χ2n) is 33.1. The highest BCUT2D eigenvalue weighted by Crippen LogP contribution is 2.36. The number of ether oxygens (including phenoxy) is 15. The van der Waals surface area contributed by atoms with Crippen LogP contribution in [0.2, 0.25) is 32.7 Å². The molecule has 0 radical (unpaired) electrons. The lowest BCUT2D eigenvalue weighted by Gasteiger charge is -2.46. The lowest BCUT2D eigenvalue weighted by Crippen LogP contribution is -2.70. The number of carbonyl (C=O) groups excluding carboxylic acids is 15. The zero-order chi connectivity index (χ0) is 110. The van der Waals surface area contributed by atoms with Gasteiger partial charge in [-0.3, -0.25) is 120 Å². The predicted octanol–water partition coefficient (Wildman–Crippen LogP) is -0.163. The van der Waals surface area contributed by atoms with Crippen LogP contribution in [0.25, 0.3) is 0 Å². The molecule has 0 unspecified atom stereocenters. The molecule has 0 atom stereocenters. The summed E-state index contributed by atoms with van der Waals surface area (Å²) in [7, 11) is -26.9. The van der Waals surface area contributed by atoms with Crippen molar-refractivity contribution in [3.8, 4) is 0 Å². The Hall–Kier alpha value is -12.6. The molecule has 0 aromatic heterocycles. The van der Waals surface area contributed by atoms with Crippen LogP contribution in [-0.2, 0) is 234 Å². The Bertz CT molecular complexity index is 3690. The Morgan fingerprint density at radius 1 is 0.166 bits per heavy atom. The molecule has 0 aliphatic carbocycles. The van der Waals surface area contributed by atoms with E-state index in [4.69, 9.17) is 114 Å². The van der Waals surface area contributed by atoms with Gasteiger partial charge in [0.05, 0.1) is 161 Å². The first kappa shape index (κ1) is 130. The van der Waals surface area contributed by atoms with Crippen molar-refractivity contribution in [1.29, 1.82) is 0 Å². The van der Waals surface area contributed by atoms with Crippen molar-refractivity contribution in [1.82, 2.24) is 0 Å². The van der Waals surface area contributed by atoms with E-state index in [1.54, 1.807) is 0 Å². The molecule has 1 heterocycles. The summed E-state index contributed by atoms with van der Waals surface area (Å²) in [4.78, 5) is 314. The largest absolute Gasteiger partial charge is 0.483 e. The third-order valence-electron chi connectivity index (χ3n) is 18.7. The van der Waals surface area contributed by atoms with Gasteiger partial charge in [0.1, 0.15) is 126 Å². The molecule has 1 aliphatic heterocycles. The van der Waals surface area contributed by atoms with E-state index in [0.717, 1.165) is 67.4 Å². The van der Waals surface area contributed by atoms with Gasteiger partial charge >= 0.3 is 193 Å². The van der Waals surface area contributed by atoms with E-state index in [1.807, 2.05) is 0 Å². The van der Waals surface area contributed by atoms with E-state index in [1.165, 1.54) is 0 Å². The number of hydrogen-bond acceptors (Lipinski definition) is 50. The molecule has 0 amide bonds. The first-order chi connectivity index (χ1) is 67.3. The van der Waals surface area contributed by atoms with Crippen molar-refractivity contribution in [2.24, 2.45) is 27.1 Å². The average molecular weight is 2180 g/mol. The number of carboxylic acids is 10. The summed E-state index contributed by atoms with van der Waals surface area (Å²) in [6, 6.07) is 0. The molecule has 820 valence electrons. The summed E-state index contributed by atoms with van der Waals surface area (Å²) in [6.07, 6.45) is -15.6. The van der Waals surface area contributed by atoms with Crippen molar-refractivity contribution in [2.75, 3.05) is 132 Å². The number of aliphatic carboxylic acids is 10. The predicted molar refractivity (Wildman–Crippen MR) is 467 cm³/mol. The minimum absolute atomic E-state index is 0.772. The number of hydrogen-bond donors (Lipinski definition) is 10. The van der Waals surface area contributed by atoms with Crippen LogP contribution in [0.15, 0.2) is 0 Å². The molecule has 1 saturated heterocycles. The van der Waals surface area contributed by atoms with E-state index in [9.17, 15) is 171 Å². The van der Waals surface area contributed by atoms with Gasteiger partial charge in [0.2, 0.25) is 0 Å².